The Labute approximate surface area is 178 Å². The lowest BCUT2D eigenvalue weighted by Crippen LogP contribution is -2.41. The molecule has 1 aliphatic heterocycles. The van der Waals surface area contributed by atoms with Gasteiger partial charge in [0.1, 0.15) is 0 Å². The number of carbonyl (C=O) groups excluding carboxylic acids is 1. The number of fused-ring (bicyclic) bond motifs is 1. The summed E-state index contributed by atoms with van der Waals surface area (Å²) in [6, 6.07) is 12.4. The average molecular weight is 430 g/mol. The number of halogens is 3. The summed E-state index contributed by atoms with van der Waals surface area (Å²) in [7, 11) is 0. The van der Waals surface area contributed by atoms with Crippen molar-refractivity contribution >= 4 is 22.8 Å². The maximum absolute atomic E-state index is 13.5. The van der Waals surface area contributed by atoms with Gasteiger partial charge in [-0.1, -0.05) is 18.2 Å². The van der Waals surface area contributed by atoms with Crippen LogP contribution >= 0.6 is 0 Å². The monoisotopic (exact) mass is 430 g/mol. The molecule has 0 atom stereocenters. The Kier molecular flexibility index (Phi) is 5.64. The first kappa shape index (κ1) is 21.2. The number of alkyl halides is 3. The zero-order chi connectivity index (χ0) is 22.2. The van der Waals surface area contributed by atoms with Gasteiger partial charge in [0.2, 0.25) is 5.82 Å². The number of benzene rings is 2. The van der Waals surface area contributed by atoms with Crippen LogP contribution in [0.1, 0.15) is 29.8 Å². The fraction of sp³-hybridized carbons (Fsp3) is 0.391. The van der Waals surface area contributed by atoms with E-state index >= 15 is 0 Å². The number of para-hydroxylation sites is 2. The first-order valence-electron chi connectivity index (χ1n) is 10.4. The van der Waals surface area contributed by atoms with Gasteiger partial charge in [-0.15, -0.1) is 0 Å². The summed E-state index contributed by atoms with van der Waals surface area (Å²) in [5.41, 5.74) is 3.73. The molecule has 2 amide bonds. The van der Waals surface area contributed by atoms with Crippen LogP contribution in [0.15, 0.2) is 42.5 Å². The lowest BCUT2D eigenvalue weighted by Gasteiger charge is -2.32. The number of nitrogens with zero attached hydrogens (tertiary/aromatic N) is 3. The van der Waals surface area contributed by atoms with Gasteiger partial charge in [-0.3, -0.25) is 0 Å². The standard InChI is InChI=1S/C23H25F3N4O/c1-15-11-16(2)13-18(12-15)27-22(31)29-9-7-17(8-10-29)14-30-20-6-4-3-5-19(20)28-21(30)23(24,25)26/h3-6,11-13,17H,7-10,14H2,1-2H3,(H,27,31). The summed E-state index contributed by atoms with van der Waals surface area (Å²) in [6.45, 7) is 5.21. The number of aryl methyl sites for hydroxylation is 2. The van der Waals surface area contributed by atoms with Gasteiger partial charge in [0.15, 0.2) is 0 Å². The zero-order valence-electron chi connectivity index (χ0n) is 17.5. The van der Waals surface area contributed by atoms with Gasteiger partial charge in [-0.25, -0.2) is 9.78 Å². The van der Waals surface area contributed by atoms with Gasteiger partial charge in [0.05, 0.1) is 11.0 Å². The molecular formula is C23H25F3N4O. The van der Waals surface area contributed by atoms with E-state index in [1.807, 2.05) is 32.0 Å². The van der Waals surface area contributed by atoms with Crippen LogP contribution in [-0.4, -0.2) is 33.6 Å². The van der Waals surface area contributed by atoms with Crippen molar-refractivity contribution < 1.29 is 18.0 Å². The highest BCUT2D eigenvalue weighted by molar-refractivity contribution is 5.89. The molecule has 1 aliphatic rings. The van der Waals surface area contributed by atoms with Crippen LogP contribution in [0.4, 0.5) is 23.7 Å². The fourth-order valence-electron chi connectivity index (χ4n) is 4.30. The zero-order valence-corrected chi connectivity index (χ0v) is 17.5. The molecule has 0 bridgehead atoms. The minimum Gasteiger partial charge on any atom is -0.325 e. The Morgan fingerprint density at radius 3 is 2.39 bits per heavy atom. The number of aromatic nitrogens is 2. The van der Waals surface area contributed by atoms with E-state index in [-0.39, 0.29) is 18.5 Å². The third-order valence-electron chi connectivity index (χ3n) is 5.72. The first-order chi connectivity index (χ1) is 14.7. The number of likely N-dealkylation sites (tertiary alicyclic amines) is 1. The van der Waals surface area contributed by atoms with E-state index < -0.39 is 12.0 Å². The minimum atomic E-state index is -4.51. The summed E-state index contributed by atoms with van der Waals surface area (Å²) in [5, 5.41) is 2.93. The predicted octanol–water partition coefficient (Wildman–Crippen LogP) is 5.62. The Morgan fingerprint density at radius 2 is 1.74 bits per heavy atom. The molecule has 0 radical (unpaired) electrons. The van der Waals surface area contributed by atoms with Crippen LogP contribution in [0.25, 0.3) is 11.0 Å². The summed E-state index contributed by atoms with van der Waals surface area (Å²) >= 11 is 0. The molecule has 1 aromatic heterocycles. The number of anilines is 1. The van der Waals surface area contributed by atoms with E-state index in [1.165, 1.54) is 4.57 Å². The maximum Gasteiger partial charge on any atom is 0.449 e. The lowest BCUT2D eigenvalue weighted by molar-refractivity contribution is -0.147. The second-order valence-corrected chi connectivity index (χ2v) is 8.27. The Hall–Kier alpha value is -3.03. The number of amides is 2. The van der Waals surface area contributed by atoms with Crippen molar-refractivity contribution in [2.45, 2.75) is 39.4 Å². The maximum atomic E-state index is 13.5. The molecule has 0 spiro atoms. The SMILES string of the molecule is Cc1cc(C)cc(NC(=O)N2CCC(Cn3c(C(F)(F)F)nc4ccccc43)CC2)c1. The number of hydrogen-bond donors (Lipinski definition) is 1. The van der Waals surface area contributed by atoms with Crippen LogP contribution in [0, 0.1) is 19.8 Å². The molecule has 5 nitrogen and oxygen atoms in total. The van der Waals surface area contributed by atoms with E-state index in [1.54, 1.807) is 29.2 Å². The smallest absolute Gasteiger partial charge is 0.325 e. The molecule has 31 heavy (non-hydrogen) atoms. The number of rotatable bonds is 3. The molecule has 8 heteroatoms. The minimum absolute atomic E-state index is 0.0453. The van der Waals surface area contributed by atoms with Crippen LogP contribution in [-0.2, 0) is 12.7 Å². The molecular weight excluding hydrogens is 405 g/mol. The largest absolute Gasteiger partial charge is 0.449 e. The molecule has 1 fully saturated rings. The number of carbonyl (C=O) groups is 1. The molecule has 2 heterocycles. The normalized spacial score (nSPS) is 15.5. The Morgan fingerprint density at radius 1 is 1.10 bits per heavy atom. The second-order valence-electron chi connectivity index (χ2n) is 8.27. The second kappa shape index (κ2) is 8.24. The summed E-state index contributed by atoms with van der Waals surface area (Å²) in [5.74, 6) is -0.812. The van der Waals surface area contributed by atoms with Crippen LogP contribution in [0.2, 0.25) is 0 Å². The third kappa shape index (κ3) is 4.68. The van der Waals surface area contributed by atoms with E-state index in [9.17, 15) is 18.0 Å². The van der Waals surface area contributed by atoms with Gasteiger partial charge >= 0.3 is 12.2 Å². The van der Waals surface area contributed by atoms with Gasteiger partial charge in [0.25, 0.3) is 0 Å². The van der Waals surface area contributed by atoms with Gasteiger partial charge < -0.3 is 14.8 Å². The van der Waals surface area contributed by atoms with Crippen molar-refractivity contribution in [3.05, 3.63) is 59.4 Å². The Bertz CT molecular complexity index is 1080. The highest BCUT2D eigenvalue weighted by Gasteiger charge is 2.38. The number of imidazole rings is 1. The van der Waals surface area contributed by atoms with Crippen molar-refractivity contribution in [1.82, 2.24) is 14.5 Å². The average Bonchev–Trinajstić information content (AvgIpc) is 3.07. The van der Waals surface area contributed by atoms with E-state index in [4.69, 9.17) is 0 Å². The molecule has 2 aromatic carbocycles. The summed E-state index contributed by atoms with van der Waals surface area (Å²) in [6.07, 6.45) is -3.22. The highest BCUT2D eigenvalue weighted by atomic mass is 19.4. The van der Waals surface area contributed by atoms with Gasteiger partial charge in [-0.2, -0.15) is 13.2 Å². The lowest BCUT2D eigenvalue weighted by atomic mass is 9.96. The van der Waals surface area contributed by atoms with Crippen molar-refractivity contribution in [1.29, 1.82) is 0 Å². The van der Waals surface area contributed by atoms with Crippen molar-refractivity contribution in [3.8, 4) is 0 Å². The topological polar surface area (TPSA) is 50.2 Å². The number of hydrogen-bond acceptors (Lipinski definition) is 2. The molecule has 1 saturated heterocycles. The molecule has 4 rings (SSSR count). The summed E-state index contributed by atoms with van der Waals surface area (Å²) < 4.78 is 41.9. The first-order valence-corrected chi connectivity index (χ1v) is 10.4. The predicted molar refractivity (Wildman–Crippen MR) is 114 cm³/mol. The van der Waals surface area contributed by atoms with Crippen LogP contribution in [0.5, 0.6) is 0 Å². The van der Waals surface area contributed by atoms with E-state index in [2.05, 4.69) is 10.3 Å². The molecule has 3 aromatic rings. The molecule has 1 N–H and O–H groups in total. The third-order valence-corrected chi connectivity index (χ3v) is 5.72. The summed E-state index contributed by atoms with van der Waals surface area (Å²) in [4.78, 5) is 18.2. The number of piperidine rings is 1. The quantitative estimate of drug-likeness (QED) is 0.587. The van der Waals surface area contributed by atoms with Crippen molar-refractivity contribution in [2.75, 3.05) is 18.4 Å². The van der Waals surface area contributed by atoms with E-state index in [0.717, 1.165) is 16.8 Å². The molecule has 0 unspecified atom stereocenters. The van der Waals surface area contributed by atoms with Crippen molar-refractivity contribution in [2.24, 2.45) is 5.92 Å². The molecule has 0 saturated carbocycles. The molecule has 164 valence electrons. The van der Waals surface area contributed by atoms with E-state index in [0.29, 0.717) is 37.0 Å². The highest BCUT2D eigenvalue weighted by Crippen LogP contribution is 2.33. The molecule has 0 aliphatic carbocycles. The number of urea groups is 1. The fourth-order valence-corrected chi connectivity index (χ4v) is 4.30. The van der Waals surface area contributed by atoms with Crippen LogP contribution in [0.3, 0.4) is 0 Å². The van der Waals surface area contributed by atoms with Gasteiger partial charge in [0, 0.05) is 25.3 Å². The Balaban J connectivity index is 1.42. The van der Waals surface area contributed by atoms with Gasteiger partial charge in [-0.05, 0) is 68.0 Å². The van der Waals surface area contributed by atoms with Crippen molar-refractivity contribution in [3.63, 3.8) is 0 Å². The van der Waals surface area contributed by atoms with Crippen LogP contribution < -0.4 is 5.32 Å². The number of nitrogens with one attached hydrogen (secondary N) is 1.